The van der Waals surface area contributed by atoms with Crippen LogP contribution in [0.1, 0.15) is 24.8 Å². The summed E-state index contributed by atoms with van der Waals surface area (Å²) in [5.74, 6) is 0.663. The van der Waals surface area contributed by atoms with Gasteiger partial charge in [-0.2, -0.15) is 5.26 Å². The fraction of sp³-hybridized carbons (Fsp3) is 0.286. The van der Waals surface area contributed by atoms with Gasteiger partial charge < -0.3 is 9.64 Å². The number of anilines is 1. The molecule has 4 rings (SSSR count). The van der Waals surface area contributed by atoms with Crippen molar-refractivity contribution in [1.82, 2.24) is 3.97 Å². The maximum Gasteiger partial charge on any atom is 0.268 e. The first-order valence-corrected chi connectivity index (χ1v) is 10.7. The number of nitrogens with zero attached hydrogens (tertiary/aromatic N) is 3. The van der Waals surface area contributed by atoms with Gasteiger partial charge >= 0.3 is 0 Å². The summed E-state index contributed by atoms with van der Waals surface area (Å²) in [5, 5.41) is 10.0. The van der Waals surface area contributed by atoms with E-state index in [2.05, 4.69) is 11.0 Å². The van der Waals surface area contributed by atoms with Crippen molar-refractivity contribution in [2.75, 3.05) is 25.1 Å². The highest BCUT2D eigenvalue weighted by Gasteiger charge is 2.24. The number of fused-ring (bicyclic) bond motifs is 1. The minimum atomic E-state index is -3.86. The molecule has 0 atom stereocenters. The predicted molar refractivity (Wildman–Crippen MR) is 108 cm³/mol. The number of rotatable bonds is 4. The molecule has 1 aliphatic rings. The molecule has 3 aromatic rings. The molecule has 28 heavy (non-hydrogen) atoms. The number of ether oxygens (including phenoxy) is 1. The Kier molecular flexibility index (Phi) is 4.73. The van der Waals surface area contributed by atoms with E-state index in [9.17, 15) is 13.7 Å². The van der Waals surface area contributed by atoms with Gasteiger partial charge in [-0.25, -0.2) is 12.4 Å². The minimum Gasteiger partial charge on any atom is -0.495 e. The maximum absolute atomic E-state index is 13.4. The Morgan fingerprint density at radius 2 is 1.82 bits per heavy atom. The molecule has 1 aliphatic heterocycles. The molecule has 0 saturated carbocycles. The van der Waals surface area contributed by atoms with Crippen molar-refractivity contribution in [3.05, 3.63) is 54.2 Å². The van der Waals surface area contributed by atoms with Crippen LogP contribution in [0.5, 0.6) is 5.75 Å². The summed E-state index contributed by atoms with van der Waals surface area (Å²) < 4.78 is 33.5. The normalized spacial score (nSPS) is 14.8. The van der Waals surface area contributed by atoms with E-state index in [0.717, 1.165) is 31.6 Å². The average molecular weight is 395 g/mol. The Labute approximate surface area is 164 Å². The van der Waals surface area contributed by atoms with Crippen molar-refractivity contribution in [2.24, 2.45) is 0 Å². The van der Waals surface area contributed by atoms with Gasteiger partial charge in [0.05, 0.1) is 28.8 Å². The second kappa shape index (κ2) is 7.21. The fourth-order valence-electron chi connectivity index (χ4n) is 3.76. The lowest BCUT2D eigenvalue weighted by Crippen LogP contribution is -2.30. The SMILES string of the molecule is COc1ccc(S(=O)(=O)n2cc(C#N)c3ccccc32)cc1N1CCCCC1. The van der Waals surface area contributed by atoms with Crippen molar-refractivity contribution >= 4 is 26.6 Å². The molecule has 7 heteroatoms. The first-order valence-electron chi connectivity index (χ1n) is 9.25. The van der Waals surface area contributed by atoms with E-state index in [0.29, 0.717) is 22.2 Å². The van der Waals surface area contributed by atoms with E-state index in [-0.39, 0.29) is 4.90 Å². The van der Waals surface area contributed by atoms with Crippen LogP contribution in [0.3, 0.4) is 0 Å². The standard InChI is InChI=1S/C21H21N3O3S/c1-27-21-10-9-17(13-20(21)23-11-5-2-6-12-23)28(25,26)24-15-16(14-22)18-7-3-4-8-19(18)24/h3-4,7-10,13,15H,2,5-6,11-12H2,1H3. The lowest BCUT2D eigenvalue weighted by molar-refractivity contribution is 0.412. The third-order valence-corrected chi connectivity index (χ3v) is 6.87. The van der Waals surface area contributed by atoms with Crippen LogP contribution in [0.4, 0.5) is 5.69 Å². The van der Waals surface area contributed by atoms with Gasteiger partial charge in [0.25, 0.3) is 10.0 Å². The van der Waals surface area contributed by atoms with Crippen molar-refractivity contribution in [1.29, 1.82) is 5.26 Å². The topological polar surface area (TPSA) is 75.3 Å². The number of aromatic nitrogens is 1. The number of hydrogen-bond donors (Lipinski definition) is 0. The van der Waals surface area contributed by atoms with E-state index in [1.165, 1.54) is 16.6 Å². The minimum absolute atomic E-state index is 0.180. The van der Waals surface area contributed by atoms with Crippen LogP contribution in [-0.2, 0) is 10.0 Å². The summed E-state index contributed by atoms with van der Waals surface area (Å²) in [6.07, 6.45) is 4.73. The zero-order chi connectivity index (χ0) is 19.7. The zero-order valence-electron chi connectivity index (χ0n) is 15.6. The van der Waals surface area contributed by atoms with Crippen molar-refractivity contribution in [3.8, 4) is 11.8 Å². The molecular formula is C21H21N3O3S. The number of nitriles is 1. The molecule has 1 saturated heterocycles. The first-order chi connectivity index (χ1) is 13.6. The predicted octanol–water partition coefficient (Wildman–Crippen LogP) is 3.75. The summed E-state index contributed by atoms with van der Waals surface area (Å²) in [5.41, 5.74) is 1.62. The number of piperidine rings is 1. The monoisotopic (exact) mass is 395 g/mol. The molecule has 2 aromatic carbocycles. The van der Waals surface area contributed by atoms with Gasteiger partial charge in [0.15, 0.2) is 0 Å². The van der Waals surface area contributed by atoms with Crippen LogP contribution in [0.25, 0.3) is 10.9 Å². The molecule has 0 N–H and O–H groups in total. The van der Waals surface area contributed by atoms with Gasteiger partial charge in [-0.15, -0.1) is 0 Å². The van der Waals surface area contributed by atoms with Crippen molar-refractivity contribution < 1.29 is 13.2 Å². The summed E-state index contributed by atoms with van der Waals surface area (Å²) in [6, 6.07) is 14.1. The third-order valence-electron chi connectivity index (χ3n) is 5.20. The fourth-order valence-corrected chi connectivity index (χ4v) is 5.15. The summed E-state index contributed by atoms with van der Waals surface area (Å²) >= 11 is 0. The third kappa shape index (κ3) is 3.00. The molecule has 0 spiro atoms. The van der Waals surface area contributed by atoms with E-state index in [1.807, 2.05) is 0 Å². The second-order valence-electron chi connectivity index (χ2n) is 6.85. The highest BCUT2D eigenvalue weighted by molar-refractivity contribution is 7.90. The molecule has 0 bridgehead atoms. The second-order valence-corrected chi connectivity index (χ2v) is 8.67. The number of benzene rings is 2. The Balaban J connectivity index is 1.86. The molecule has 1 aromatic heterocycles. The van der Waals surface area contributed by atoms with Crippen molar-refractivity contribution in [3.63, 3.8) is 0 Å². The molecule has 0 amide bonds. The zero-order valence-corrected chi connectivity index (χ0v) is 16.4. The van der Waals surface area contributed by atoms with Gasteiger partial charge in [-0.1, -0.05) is 18.2 Å². The Bertz CT molecular complexity index is 1170. The van der Waals surface area contributed by atoms with Crippen LogP contribution in [-0.4, -0.2) is 32.6 Å². The van der Waals surface area contributed by atoms with Gasteiger partial charge in [0.1, 0.15) is 11.8 Å². The molecule has 0 aliphatic carbocycles. The number of methoxy groups -OCH3 is 1. The van der Waals surface area contributed by atoms with Gasteiger partial charge in [-0.3, -0.25) is 0 Å². The Morgan fingerprint density at radius 1 is 1.07 bits per heavy atom. The Morgan fingerprint density at radius 3 is 2.54 bits per heavy atom. The summed E-state index contributed by atoms with van der Waals surface area (Å²) in [4.78, 5) is 2.36. The van der Waals surface area contributed by atoms with E-state index in [4.69, 9.17) is 4.74 Å². The number of hydrogen-bond acceptors (Lipinski definition) is 5. The smallest absolute Gasteiger partial charge is 0.268 e. The summed E-state index contributed by atoms with van der Waals surface area (Å²) in [6.45, 7) is 1.76. The molecular weight excluding hydrogens is 374 g/mol. The molecule has 1 fully saturated rings. The molecule has 144 valence electrons. The first kappa shape index (κ1) is 18.4. The van der Waals surface area contributed by atoms with E-state index >= 15 is 0 Å². The maximum atomic E-state index is 13.4. The van der Waals surface area contributed by atoms with Crippen LogP contribution in [0.15, 0.2) is 53.6 Å². The average Bonchev–Trinajstić information content (AvgIpc) is 3.13. The Hall–Kier alpha value is -2.98. The van der Waals surface area contributed by atoms with Gasteiger partial charge in [-0.05, 0) is 43.5 Å². The lowest BCUT2D eigenvalue weighted by Gasteiger charge is -2.30. The van der Waals surface area contributed by atoms with Gasteiger partial charge in [0, 0.05) is 24.7 Å². The quantitative estimate of drug-likeness (QED) is 0.673. The highest BCUT2D eigenvalue weighted by atomic mass is 32.2. The summed E-state index contributed by atoms with van der Waals surface area (Å²) in [7, 11) is -2.26. The highest BCUT2D eigenvalue weighted by Crippen LogP contribution is 2.34. The largest absolute Gasteiger partial charge is 0.495 e. The van der Waals surface area contributed by atoms with Gasteiger partial charge in [0.2, 0.25) is 0 Å². The van der Waals surface area contributed by atoms with E-state index in [1.54, 1.807) is 49.6 Å². The van der Waals surface area contributed by atoms with Crippen LogP contribution in [0, 0.1) is 11.3 Å². The molecule has 6 nitrogen and oxygen atoms in total. The molecule has 2 heterocycles. The van der Waals surface area contributed by atoms with E-state index < -0.39 is 10.0 Å². The van der Waals surface area contributed by atoms with Crippen LogP contribution in [0.2, 0.25) is 0 Å². The van der Waals surface area contributed by atoms with Crippen LogP contribution >= 0.6 is 0 Å². The number of para-hydroxylation sites is 1. The lowest BCUT2D eigenvalue weighted by atomic mass is 10.1. The molecule has 0 radical (unpaired) electrons. The van der Waals surface area contributed by atoms with Crippen molar-refractivity contribution in [2.45, 2.75) is 24.2 Å². The van der Waals surface area contributed by atoms with Crippen LogP contribution < -0.4 is 9.64 Å². The molecule has 0 unspecified atom stereocenters.